The number of nitrogens with zero attached hydrogens (tertiary/aromatic N) is 3. The van der Waals surface area contributed by atoms with Crippen LogP contribution in [0.25, 0.3) is 11.3 Å². The Bertz CT molecular complexity index is 1140. The molecule has 1 aliphatic heterocycles. The SMILES string of the molecule is Cn1cnc(-c2cc(Cl)c(F)c(C(=O)NNS(=O)(=O)CC3CCN(C(=O)NCCO)C3)c2)c1. The molecule has 1 aliphatic rings. The van der Waals surface area contributed by atoms with Crippen molar-refractivity contribution in [3.05, 3.63) is 41.1 Å². The summed E-state index contributed by atoms with van der Waals surface area (Å²) in [5.74, 6) is -2.70. The fourth-order valence-electron chi connectivity index (χ4n) is 3.44. The molecule has 33 heavy (non-hydrogen) atoms. The Kier molecular flexibility index (Phi) is 7.89. The van der Waals surface area contributed by atoms with Gasteiger partial charge in [-0.25, -0.2) is 22.6 Å². The summed E-state index contributed by atoms with van der Waals surface area (Å²) in [6, 6.07) is 2.17. The van der Waals surface area contributed by atoms with E-state index in [-0.39, 0.29) is 42.4 Å². The first kappa shape index (κ1) is 24.9. The van der Waals surface area contributed by atoms with Crippen molar-refractivity contribution in [2.75, 3.05) is 32.0 Å². The maximum absolute atomic E-state index is 14.5. The minimum Gasteiger partial charge on any atom is -0.395 e. The third-order valence-corrected chi connectivity index (χ3v) is 6.61. The lowest BCUT2D eigenvalue weighted by molar-refractivity contribution is 0.0941. The van der Waals surface area contributed by atoms with Gasteiger partial charge in [-0.1, -0.05) is 11.6 Å². The van der Waals surface area contributed by atoms with Gasteiger partial charge < -0.3 is 19.9 Å². The summed E-state index contributed by atoms with van der Waals surface area (Å²) in [6.45, 7) is 0.488. The van der Waals surface area contributed by atoms with Crippen LogP contribution in [0.5, 0.6) is 0 Å². The number of hydrogen-bond donors (Lipinski definition) is 4. The van der Waals surface area contributed by atoms with E-state index in [1.165, 1.54) is 23.4 Å². The van der Waals surface area contributed by atoms with Crippen LogP contribution in [-0.2, 0) is 17.1 Å². The van der Waals surface area contributed by atoms with Gasteiger partial charge in [-0.05, 0) is 24.5 Å². The highest BCUT2D eigenvalue weighted by Crippen LogP contribution is 2.27. The number of rotatable bonds is 8. The van der Waals surface area contributed by atoms with E-state index in [1.807, 2.05) is 10.3 Å². The second-order valence-electron chi connectivity index (χ2n) is 7.64. The van der Waals surface area contributed by atoms with Gasteiger partial charge in [0.15, 0.2) is 5.82 Å². The first-order valence-electron chi connectivity index (χ1n) is 10.0. The predicted octanol–water partition coefficient (Wildman–Crippen LogP) is 0.468. The van der Waals surface area contributed by atoms with Crippen molar-refractivity contribution in [3.63, 3.8) is 0 Å². The number of nitrogens with one attached hydrogen (secondary N) is 3. The highest BCUT2D eigenvalue weighted by molar-refractivity contribution is 7.89. The van der Waals surface area contributed by atoms with Crippen LogP contribution in [-0.4, -0.2) is 71.9 Å². The predicted molar refractivity (Wildman–Crippen MR) is 118 cm³/mol. The Labute approximate surface area is 194 Å². The Morgan fingerprint density at radius 1 is 1.36 bits per heavy atom. The molecule has 0 bridgehead atoms. The normalized spacial score (nSPS) is 16.1. The number of benzene rings is 1. The molecule has 1 saturated heterocycles. The number of aliphatic hydroxyl groups excluding tert-OH is 1. The summed E-state index contributed by atoms with van der Waals surface area (Å²) < 4.78 is 40.9. The lowest BCUT2D eigenvalue weighted by Gasteiger charge is -2.17. The van der Waals surface area contributed by atoms with Gasteiger partial charge >= 0.3 is 6.03 Å². The molecule has 0 radical (unpaired) electrons. The van der Waals surface area contributed by atoms with Crippen molar-refractivity contribution < 1.29 is 27.5 Å². The number of aliphatic hydroxyl groups is 1. The minimum absolute atomic E-state index is 0.105. The van der Waals surface area contributed by atoms with Crippen LogP contribution in [0.15, 0.2) is 24.7 Å². The van der Waals surface area contributed by atoms with Gasteiger partial charge in [0, 0.05) is 38.4 Å². The van der Waals surface area contributed by atoms with E-state index >= 15 is 0 Å². The van der Waals surface area contributed by atoms with Crippen LogP contribution in [0.2, 0.25) is 5.02 Å². The van der Waals surface area contributed by atoms with Crippen LogP contribution in [0.1, 0.15) is 16.8 Å². The number of hydrazine groups is 1. The van der Waals surface area contributed by atoms with E-state index < -0.39 is 27.3 Å². The van der Waals surface area contributed by atoms with Crippen LogP contribution in [0.4, 0.5) is 9.18 Å². The number of urea groups is 1. The summed E-state index contributed by atoms with van der Waals surface area (Å²) >= 11 is 5.91. The quantitative estimate of drug-likeness (QED) is 0.386. The minimum atomic E-state index is -3.97. The molecule has 0 spiro atoms. The molecule has 3 amide bonds. The molecule has 4 N–H and O–H groups in total. The molecule has 0 saturated carbocycles. The highest BCUT2D eigenvalue weighted by Gasteiger charge is 2.30. The van der Waals surface area contributed by atoms with Crippen molar-refractivity contribution in [1.82, 2.24) is 30.0 Å². The number of halogens is 2. The smallest absolute Gasteiger partial charge is 0.317 e. The van der Waals surface area contributed by atoms with Gasteiger partial charge in [0.1, 0.15) is 0 Å². The first-order chi connectivity index (χ1) is 15.6. The topological polar surface area (TPSA) is 146 Å². The number of carbonyl (C=O) groups excluding carboxylic acids is 2. The second kappa shape index (κ2) is 10.5. The van der Waals surface area contributed by atoms with Gasteiger partial charge in [0.2, 0.25) is 10.0 Å². The molecule has 2 aromatic rings. The Morgan fingerprint density at radius 2 is 2.12 bits per heavy atom. The molecule has 14 heteroatoms. The number of likely N-dealkylation sites (tertiary alicyclic amines) is 1. The monoisotopic (exact) mass is 502 g/mol. The molecule has 11 nitrogen and oxygen atoms in total. The maximum atomic E-state index is 14.5. The summed E-state index contributed by atoms with van der Waals surface area (Å²) in [7, 11) is -2.22. The third kappa shape index (κ3) is 6.41. The number of hydrogen-bond acceptors (Lipinski definition) is 6. The van der Waals surface area contributed by atoms with E-state index in [2.05, 4.69) is 10.3 Å². The lowest BCUT2D eigenvalue weighted by Crippen LogP contribution is -2.44. The summed E-state index contributed by atoms with van der Waals surface area (Å²) in [5, 5.41) is 11.0. The Balaban J connectivity index is 1.61. The maximum Gasteiger partial charge on any atom is 0.317 e. The average Bonchev–Trinajstić information content (AvgIpc) is 3.41. The van der Waals surface area contributed by atoms with E-state index in [0.717, 1.165) is 0 Å². The fraction of sp³-hybridized carbons (Fsp3) is 0.421. The summed E-state index contributed by atoms with van der Waals surface area (Å²) in [6.07, 6.45) is 3.64. The molecule has 1 unspecified atom stereocenters. The van der Waals surface area contributed by atoms with Crippen molar-refractivity contribution >= 4 is 33.6 Å². The zero-order valence-electron chi connectivity index (χ0n) is 17.7. The first-order valence-corrected chi connectivity index (χ1v) is 12.0. The van der Waals surface area contributed by atoms with Gasteiger partial charge in [-0.2, -0.15) is 0 Å². The number of amides is 3. The molecule has 1 atom stereocenters. The molecule has 3 rings (SSSR count). The zero-order chi connectivity index (χ0) is 24.2. The largest absolute Gasteiger partial charge is 0.395 e. The summed E-state index contributed by atoms with van der Waals surface area (Å²) in [5.41, 5.74) is 2.41. The van der Waals surface area contributed by atoms with E-state index in [9.17, 15) is 22.4 Å². The number of sulfonamides is 1. The molecule has 2 heterocycles. The van der Waals surface area contributed by atoms with Crippen LogP contribution in [0.3, 0.4) is 0 Å². The molecular formula is C19H24ClFN6O5S. The van der Waals surface area contributed by atoms with E-state index in [0.29, 0.717) is 24.2 Å². The lowest BCUT2D eigenvalue weighted by atomic mass is 10.1. The van der Waals surface area contributed by atoms with Crippen molar-refractivity contribution in [2.24, 2.45) is 13.0 Å². The molecule has 1 fully saturated rings. The number of aryl methyl sites for hydroxylation is 1. The van der Waals surface area contributed by atoms with Crippen molar-refractivity contribution in [3.8, 4) is 11.3 Å². The molecule has 1 aromatic heterocycles. The molecule has 1 aromatic carbocycles. The van der Waals surface area contributed by atoms with Crippen molar-refractivity contribution in [2.45, 2.75) is 6.42 Å². The van der Waals surface area contributed by atoms with Crippen LogP contribution >= 0.6 is 11.6 Å². The van der Waals surface area contributed by atoms with Gasteiger partial charge in [0.05, 0.1) is 35.0 Å². The van der Waals surface area contributed by atoms with Gasteiger partial charge in [-0.3, -0.25) is 10.2 Å². The fourth-order valence-corrected chi connectivity index (χ4v) is 4.88. The highest BCUT2D eigenvalue weighted by atomic mass is 35.5. The second-order valence-corrected chi connectivity index (χ2v) is 9.81. The van der Waals surface area contributed by atoms with Crippen LogP contribution in [0, 0.1) is 11.7 Å². The molecular weight excluding hydrogens is 479 g/mol. The number of aromatic nitrogens is 2. The third-order valence-electron chi connectivity index (χ3n) is 5.01. The standard InChI is InChI=1S/C19H24ClFN6O5S/c1-26-9-16(23-11-26)13-6-14(17(21)15(20)7-13)18(29)24-25-33(31,32)10-12-2-4-27(8-12)19(30)22-3-5-28/h6-7,9,11-12,25,28H,2-5,8,10H2,1H3,(H,22,30)(H,24,29). The Morgan fingerprint density at radius 3 is 2.79 bits per heavy atom. The van der Waals surface area contributed by atoms with Gasteiger partial charge in [0.25, 0.3) is 5.91 Å². The zero-order valence-corrected chi connectivity index (χ0v) is 19.3. The number of imidazole rings is 1. The number of carbonyl (C=O) groups is 2. The Hall–Kier alpha value is -2.74. The van der Waals surface area contributed by atoms with Gasteiger partial charge in [-0.15, -0.1) is 4.83 Å². The van der Waals surface area contributed by atoms with Crippen molar-refractivity contribution in [1.29, 1.82) is 0 Å². The molecule has 0 aliphatic carbocycles. The van der Waals surface area contributed by atoms with E-state index in [1.54, 1.807) is 17.8 Å². The van der Waals surface area contributed by atoms with E-state index in [4.69, 9.17) is 16.7 Å². The average molecular weight is 503 g/mol. The summed E-state index contributed by atoms with van der Waals surface area (Å²) in [4.78, 5) is 31.9. The van der Waals surface area contributed by atoms with Crippen LogP contribution < -0.4 is 15.6 Å². The molecule has 180 valence electrons.